The lowest BCUT2D eigenvalue weighted by Gasteiger charge is -2.14. The van der Waals surface area contributed by atoms with E-state index in [2.05, 4.69) is 91.0 Å². The van der Waals surface area contributed by atoms with Crippen molar-refractivity contribution in [2.75, 3.05) is 0 Å². The lowest BCUT2D eigenvalue weighted by atomic mass is 9.92. The Morgan fingerprint density at radius 1 is 0.308 bits per heavy atom. The minimum absolute atomic E-state index is 0.597. The number of aromatic nitrogens is 3. The van der Waals surface area contributed by atoms with E-state index in [1.165, 1.54) is 10.8 Å². The molecule has 52 heavy (non-hydrogen) atoms. The molecule has 8 aromatic carbocycles. The van der Waals surface area contributed by atoms with E-state index in [1.54, 1.807) is 0 Å². The normalized spacial score (nSPS) is 11.8. The van der Waals surface area contributed by atoms with Gasteiger partial charge < -0.3 is 8.83 Å². The number of furan rings is 2. The molecule has 3 aromatic heterocycles. The van der Waals surface area contributed by atoms with Crippen LogP contribution in [0.25, 0.3) is 111 Å². The first-order valence-electron chi connectivity index (χ1n) is 17.4. The van der Waals surface area contributed by atoms with Crippen LogP contribution in [0, 0.1) is 0 Å². The zero-order valence-electron chi connectivity index (χ0n) is 27.7. The Bertz CT molecular complexity index is 3190. The molecule has 0 amide bonds. The van der Waals surface area contributed by atoms with E-state index in [-0.39, 0.29) is 0 Å². The Morgan fingerprint density at radius 2 is 0.865 bits per heavy atom. The summed E-state index contributed by atoms with van der Waals surface area (Å²) in [6.07, 6.45) is 0. The lowest BCUT2D eigenvalue weighted by molar-refractivity contribution is 0.668. The largest absolute Gasteiger partial charge is 0.456 e. The van der Waals surface area contributed by atoms with Gasteiger partial charge >= 0.3 is 0 Å². The number of benzene rings is 8. The smallest absolute Gasteiger partial charge is 0.164 e. The average Bonchev–Trinajstić information content (AvgIpc) is 3.79. The van der Waals surface area contributed by atoms with Crippen molar-refractivity contribution in [1.29, 1.82) is 0 Å². The zero-order valence-corrected chi connectivity index (χ0v) is 27.7. The van der Waals surface area contributed by atoms with Gasteiger partial charge in [-0.3, -0.25) is 0 Å². The fraction of sp³-hybridized carbons (Fsp3) is 0. The molecular weight excluding hydrogens is 639 g/mol. The van der Waals surface area contributed by atoms with Crippen molar-refractivity contribution in [3.8, 4) is 45.3 Å². The van der Waals surface area contributed by atoms with Gasteiger partial charge in [0, 0.05) is 38.2 Å². The highest BCUT2D eigenvalue weighted by molar-refractivity contribution is 6.20. The molecule has 11 rings (SSSR count). The number of hydrogen-bond acceptors (Lipinski definition) is 5. The molecule has 3 heterocycles. The van der Waals surface area contributed by atoms with Gasteiger partial charge in [-0.25, -0.2) is 15.0 Å². The molecule has 0 saturated carbocycles. The molecule has 0 unspecified atom stereocenters. The molecule has 0 aliphatic rings. The fourth-order valence-corrected chi connectivity index (χ4v) is 7.75. The molecule has 0 radical (unpaired) electrons. The number of fused-ring (bicyclic) bond motifs is 9. The number of nitrogens with zero attached hydrogens (tertiary/aromatic N) is 3. The van der Waals surface area contributed by atoms with E-state index < -0.39 is 0 Å². The maximum Gasteiger partial charge on any atom is 0.164 e. The standard InChI is InChI=1S/C47H27N3O2/c1-2-11-29(12-3-1)45-48-46(50-47(49-45)37-17-10-20-41-43(37)35-15-6-8-18-39(35)51-41)34-25-24-31(32-13-4-5-14-33(32)34)30-22-21-28-23-26-42-44(38(28)27-30)36-16-7-9-19-40(36)52-42/h1-27H. The minimum Gasteiger partial charge on any atom is -0.456 e. The fourth-order valence-electron chi connectivity index (χ4n) is 7.75. The van der Waals surface area contributed by atoms with Crippen LogP contribution in [0.4, 0.5) is 0 Å². The average molecular weight is 666 g/mol. The second-order valence-electron chi connectivity index (χ2n) is 13.1. The van der Waals surface area contributed by atoms with Gasteiger partial charge in [-0.05, 0) is 69.1 Å². The third kappa shape index (κ3) is 4.39. The maximum atomic E-state index is 6.25. The van der Waals surface area contributed by atoms with Gasteiger partial charge in [0.15, 0.2) is 17.5 Å². The van der Waals surface area contributed by atoms with Crippen molar-refractivity contribution in [2.45, 2.75) is 0 Å². The lowest BCUT2D eigenvalue weighted by Crippen LogP contribution is -2.01. The SMILES string of the molecule is c1ccc(-c2nc(-c3ccc(-c4ccc5ccc6oc7ccccc7c6c5c4)c4ccccc34)nc(-c3cccc4oc5ccccc5c34)n2)cc1. The van der Waals surface area contributed by atoms with E-state index in [0.29, 0.717) is 17.5 Å². The van der Waals surface area contributed by atoms with Crippen LogP contribution in [0.2, 0.25) is 0 Å². The van der Waals surface area contributed by atoms with Crippen molar-refractivity contribution >= 4 is 65.4 Å². The van der Waals surface area contributed by atoms with Gasteiger partial charge in [-0.15, -0.1) is 0 Å². The van der Waals surface area contributed by atoms with Gasteiger partial charge in [0.2, 0.25) is 0 Å². The topological polar surface area (TPSA) is 65.0 Å². The summed E-state index contributed by atoms with van der Waals surface area (Å²) < 4.78 is 12.5. The predicted octanol–water partition coefficient (Wildman–Crippen LogP) is 12.6. The van der Waals surface area contributed by atoms with E-state index in [9.17, 15) is 0 Å². The summed E-state index contributed by atoms with van der Waals surface area (Å²) in [5.74, 6) is 1.82. The highest BCUT2D eigenvalue weighted by Crippen LogP contribution is 2.41. The van der Waals surface area contributed by atoms with E-state index >= 15 is 0 Å². The molecule has 0 saturated heterocycles. The van der Waals surface area contributed by atoms with Crippen LogP contribution in [0.3, 0.4) is 0 Å². The number of rotatable bonds is 4. The molecule has 0 aliphatic carbocycles. The van der Waals surface area contributed by atoms with Crippen LogP contribution < -0.4 is 0 Å². The van der Waals surface area contributed by atoms with E-state index in [0.717, 1.165) is 82.5 Å². The second kappa shape index (κ2) is 11.2. The molecule has 5 nitrogen and oxygen atoms in total. The van der Waals surface area contributed by atoms with Gasteiger partial charge in [-0.2, -0.15) is 0 Å². The quantitative estimate of drug-likeness (QED) is 0.187. The van der Waals surface area contributed by atoms with Crippen molar-refractivity contribution in [3.05, 3.63) is 164 Å². The third-order valence-corrected chi connectivity index (χ3v) is 10.1. The summed E-state index contributed by atoms with van der Waals surface area (Å²) in [6.45, 7) is 0. The molecule has 0 aliphatic heterocycles. The summed E-state index contributed by atoms with van der Waals surface area (Å²) in [5.41, 5.74) is 8.45. The summed E-state index contributed by atoms with van der Waals surface area (Å²) in [5, 5.41) is 8.82. The molecule has 0 N–H and O–H groups in total. The summed E-state index contributed by atoms with van der Waals surface area (Å²) in [7, 11) is 0. The molecule has 0 atom stereocenters. The molecule has 0 fully saturated rings. The zero-order chi connectivity index (χ0) is 34.2. The van der Waals surface area contributed by atoms with Crippen LogP contribution in [0.15, 0.2) is 173 Å². The summed E-state index contributed by atoms with van der Waals surface area (Å²) in [6, 6.07) is 56.3. The Labute approximate surface area is 297 Å². The molecule has 0 bridgehead atoms. The third-order valence-electron chi connectivity index (χ3n) is 10.1. The van der Waals surface area contributed by atoms with Crippen molar-refractivity contribution in [3.63, 3.8) is 0 Å². The Morgan fingerprint density at radius 3 is 1.63 bits per heavy atom. The maximum absolute atomic E-state index is 6.25. The summed E-state index contributed by atoms with van der Waals surface area (Å²) >= 11 is 0. The van der Waals surface area contributed by atoms with E-state index in [1.807, 2.05) is 72.8 Å². The van der Waals surface area contributed by atoms with E-state index in [4.69, 9.17) is 23.8 Å². The first kappa shape index (κ1) is 28.7. The minimum atomic E-state index is 0.597. The van der Waals surface area contributed by atoms with Crippen LogP contribution in [-0.2, 0) is 0 Å². The van der Waals surface area contributed by atoms with Gasteiger partial charge in [0.25, 0.3) is 0 Å². The van der Waals surface area contributed by atoms with Gasteiger partial charge in [0.1, 0.15) is 22.3 Å². The Hall–Kier alpha value is -7.11. The monoisotopic (exact) mass is 665 g/mol. The predicted molar refractivity (Wildman–Crippen MR) is 211 cm³/mol. The molecule has 11 aromatic rings. The van der Waals surface area contributed by atoms with Gasteiger partial charge in [-0.1, -0.05) is 127 Å². The highest BCUT2D eigenvalue weighted by Gasteiger charge is 2.20. The van der Waals surface area contributed by atoms with Crippen LogP contribution in [-0.4, -0.2) is 15.0 Å². The summed E-state index contributed by atoms with van der Waals surface area (Å²) in [4.78, 5) is 15.4. The van der Waals surface area contributed by atoms with Crippen molar-refractivity contribution in [2.24, 2.45) is 0 Å². The van der Waals surface area contributed by atoms with Crippen molar-refractivity contribution in [1.82, 2.24) is 15.0 Å². The molecule has 0 spiro atoms. The Balaban J connectivity index is 1.13. The molecular formula is C47H27N3O2. The first-order valence-corrected chi connectivity index (χ1v) is 17.4. The van der Waals surface area contributed by atoms with Crippen LogP contribution in [0.1, 0.15) is 0 Å². The number of hydrogen-bond donors (Lipinski definition) is 0. The van der Waals surface area contributed by atoms with Crippen molar-refractivity contribution < 1.29 is 8.83 Å². The van der Waals surface area contributed by atoms with Crippen LogP contribution in [0.5, 0.6) is 0 Å². The second-order valence-corrected chi connectivity index (χ2v) is 13.1. The Kier molecular flexibility index (Phi) is 6.18. The molecule has 242 valence electrons. The number of para-hydroxylation sites is 2. The first-order chi connectivity index (χ1) is 25.8. The molecule has 5 heteroatoms. The van der Waals surface area contributed by atoms with Crippen LogP contribution >= 0.6 is 0 Å². The highest BCUT2D eigenvalue weighted by atomic mass is 16.3. The van der Waals surface area contributed by atoms with Gasteiger partial charge in [0.05, 0.1) is 0 Å².